The number of carbonyl (C=O) groups is 2. The number of nitrogens with two attached hydrogens (primary N) is 1. The van der Waals surface area contributed by atoms with E-state index in [1.807, 2.05) is 6.08 Å². The van der Waals surface area contributed by atoms with Gasteiger partial charge in [-0.2, -0.15) is 0 Å². The minimum atomic E-state index is -0.531. The molecule has 7 nitrogen and oxygen atoms in total. The Labute approximate surface area is 135 Å². The average Bonchev–Trinajstić information content (AvgIpc) is 2.46. The minimum Gasteiger partial charge on any atom is -0.465 e. The number of hydrogen-bond acceptors (Lipinski definition) is 6. The molecule has 0 spiro atoms. The maximum atomic E-state index is 11.5. The van der Waals surface area contributed by atoms with Crippen molar-refractivity contribution in [3.8, 4) is 0 Å². The lowest BCUT2D eigenvalue weighted by Crippen LogP contribution is -2.32. The number of anilines is 1. The molecule has 0 aromatic carbocycles. The highest BCUT2D eigenvalue weighted by Crippen LogP contribution is 2.18. The third-order valence-electron chi connectivity index (χ3n) is 2.70. The van der Waals surface area contributed by atoms with Crippen LogP contribution in [0.4, 0.5) is 10.5 Å². The molecule has 0 radical (unpaired) electrons. The quantitative estimate of drug-likeness (QED) is 0.637. The summed E-state index contributed by atoms with van der Waals surface area (Å²) in [6, 6.07) is 0. The van der Waals surface area contributed by atoms with Gasteiger partial charge in [0.05, 0.1) is 12.8 Å². The van der Waals surface area contributed by atoms with Crippen LogP contribution in [0.5, 0.6) is 0 Å². The Balaban J connectivity index is 2.53. The van der Waals surface area contributed by atoms with E-state index in [0.717, 1.165) is 0 Å². The number of esters is 1. The topological polar surface area (TPSA) is 104 Å². The molecule has 0 saturated heterocycles. The van der Waals surface area contributed by atoms with Crippen molar-refractivity contribution in [1.29, 1.82) is 0 Å². The molecule has 1 aromatic heterocycles. The van der Waals surface area contributed by atoms with Crippen molar-refractivity contribution in [2.24, 2.45) is 0 Å². The molecule has 126 valence electrons. The van der Waals surface area contributed by atoms with Gasteiger partial charge in [0.25, 0.3) is 0 Å². The van der Waals surface area contributed by atoms with Gasteiger partial charge in [0, 0.05) is 24.5 Å². The molecule has 0 atom stereocenters. The molecule has 3 N–H and O–H groups in total. The van der Waals surface area contributed by atoms with Crippen LogP contribution in [0.2, 0.25) is 0 Å². The first-order valence-electron chi connectivity index (χ1n) is 7.20. The minimum absolute atomic E-state index is 0.224. The van der Waals surface area contributed by atoms with Gasteiger partial charge in [-0.05, 0) is 27.2 Å². The molecule has 0 aliphatic carbocycles. The molecule has 0 saturated carbocycles. The van der Waals surface area contributed by atoms with Crippen LogP contribution in [0.25, 0.3) is 6.08 Å². The number of pyridine rings is 1. The molecule has 7 heteroatoms. The summed E-state index contributed by atoms with van der Waals surface area (Å²) >= 11 is 0. The number of alkyl carbamates (subject to hydrolysis) is 1. The predicted molar refractivity (Wildman–Crippen MR) is 87.9 cm³/mol. The van der Waals surface area contributed by atoms with Crippen LogP contribution < -0.4 is 11.1 Å². The molecule has 0 bridgehead atoms. The lowest BCUT2D eigenvalue weighted by molar-refractivity contribution is 0.0527. The van der Waals surface area contributed by atoms with Crippen LogP contribution in [0.3, 0.4) is 0 Å². The number of rotatable bonds is 5. The van der Waals surface area contributed by atoms with Crippen LogP contribution in [0.1, 0.15) is 43.1 Å². The summed E-state index contributed by atoms with van der Waals surface area (Å²) in [5.41, 5.74) is 6.54. The summed E-state index contributed by atoms with van der Waals surface area (Å²) in [4.78, 5) is 26.9. The van der Waals surface area contributed by atoms with Crippen molar-refractivity contribution in [3.63, 3.8) is 0 Å². The normalized spacial score (nSPS) is 11.3. The zero-order chi connectivity index (χ0) is 17.5. The van der Waals surface area contributed by atoms with Gasteiger partial charge < -0.3 is 20.5 Å². The summed E-state index contributed by atoms with van der Waals surface area (Å²) in [6.45, 7) is 5.83. The summed E-state index contributed by atoms with van der Waals surface area (Å²) in [6.07, 6.45) is 6.61. The number of nitrogens with zero attached hydrogens (tertiary/aromatic N) is 1. The first-order valence-corrected chi connectivity index (χ1v) is 7.20. The lowest BCUT2D eigenvalue weighted by Gasteiger charge is -2.19. The van der Waals surface area contributed by atoms with Crippen molar-refractivity contribution in [1.82, 2.24) is 10.3 Å². The highest BCUT2D eigenvalue weighted by Gasteiger charge is 2.15. The number of carbonyl (C=O) groups excluding carboxylic acids is 2. The van der Waals surface area contributed by atoms with Gasteiger partial charge in [0.1, 0.15) is 11.2 Å². The second-order valence-corrected chi connectivity index (χ2v) is 5.80. The number of hydrogen-bond donors (Lipinski definition) is 2. The van der Waals surface area contributed by atoms with Crippen LogP contribution >= 0.6 is 0 Å². The van der Waals surface area contributed by atoms with Crippen LogP contribution in [0, 0.1) is 0 Å². The Morgan fingerprint density at radius 2 is 2.04 bits per heavy atom. The molecule has 1 amide bonds. The maximum absolute atomic E-state index is 11.5. The number of nitrogen functional groups attached to an aromatic ring is 1. The van der Waals surface area contributed by atoms with Gasteiger partial charge in [-0.25, -0.2) is 9.59 Å². The molecule has 0 aliphatic heterocycles. The number of methoxy groups -OCH3 is 1. The van der Waals surface area contributed by atoms with Gasteiger partial charge in [-0.15, -0.1) is 0 Å². The van der Waals surface area contributed by atoms with Crippen LogP contribution in [0.15, 0.2) is 18.5 Å². The fourth-order valence-corrected chi connectivity index (χ4v) is 1.67. The Morgan fingerprint density at radius 3 is 2.65 bits per heavy atom. The van der Waals surface area contributed by atoms with E-state index >= 15 is 0 Å². The molecular formula is C16H23N3O4. The van der Waals surface area contributed by atoms with Gasteiger partial charge in [0.15, 0.2) is 0 Å². The van der Waals surface area contributed by atoms with Crippen molar-refractivity contribution in [3.05, 3.63) is 29.6 Å². The lowest BCUT2D eigenvalue weighted by atomic mass is 10.1. The van der Waals surface area contributed by atoms with Crippen molar-refractivity contribution >= 4 is 23.8 Å². The summed E-state index contributed by atoms with van der Waals surface area (Å²) in [5, 5.41) is 2.65. The third kappa shape index (κ3) is 6.37. The highest BCUT2D eigenvalue weighted by atomic mass is 16.6. The van der Waals surface area contributed by atoms with E-state index in [-0.39, 0.29) is 5.56 Å². The number of amides is 1. The molecule has 0 fully saturated rings. The van der Waals surface area contributed by atoms with E-state index in [0.29, 0.717) is 24.2 Å². The highest BCUT2D eigenvalue weighted by molar-refractivity contribution is 5.96. The van der Waals surface area contributed by atoms with E-state index in [4.69, 9.17) is 10.5 Å². The summed E-state index contributed by atoms with van der Waals surface area (Å²) < 4.78 is 9.76. The molecule has 23 heavy (non-hydrogen) atoms. The van der Waals surface area contributed by atoms with Crippen molar-refractivity contribution in [2.45, 2.75) is 32.8 Å². The standard InChI is InChI=1S/C16H23N3O4/c1-16(2,3)23-15(21)19-8-6-5-7-11-9-18-10-12(13(11)17)14(20)22-4/h5,7,9-10H,6,8H2,1-4H3,(H2,17,18)(H,19,21)/b7-5+. The van der Waals surface area contributed by atoms with Crippen molar-refractivity contribution in [2.75, 3.05) is 19.4 Å². The Bertz CT molecular complexity index is 591. The summed E-state index contributed by atoms with van der Waals surface area (Å²) in [5.74, 6) is -0.531. The first-order chi connectivity index (χ1) is 10.7. The fourth-order valence-electron chi connectivity index (χ4n) is 1.67. The Kier molecular flexibility index (Phi) is 6.56. The number of ether oxygens (including phenoxy) is 2. The van der Waals surface area contributed by atoms with Crippen LogP contribution in [-0.2, 0) is 9.47 Å². The van der Waals surface area contributed by atoms with Gasteiger partial charge in [-0.3, -0.25) is 4.98 Å². The molecule has 1 rings (SSSR count). The Morgan fingerprint density at radius 1 is 1.35 bits per heavy atom. The maximum Gasteiger partial charge on any atom is 0.407 e. The average molecular weight is 321 g/mol. The van der Waals surface area contributed by atoms with E-state index in [1.165, 1.54) is 13.3 Å². The van der Waals surface area contributed by atoms with Crippen molar-refractivity contribution < 1.29 is 19.1 Å². The van der Waals surface area contributed by atoms with Crippen LogP contribution in [-0.4, -0.2) is 36.3 Å². The molecule has 0 unspecified atom stereocenters. The second-order valence-electron chi connectivity index (χ2n) is 5.80. The monoisotopic (exact) mass is 321 g/mol. The number of nitrogens with one attached hydrogen (secondary N) is 1. The smallest absolute Gasteiger partial charge is 0.407 e. The third-order valence-corrected chi connectivity index (χ3v) is 2.70. The molecular weight excluding hydrogens is 298 g/mol. The predicted octanol–water partition coefficient (Wildman–Crippen LogP) is 2.38. The summed E-state index contributed by atoms with van der Waals surface area (Å²) in [7, 11) is 1.28. The molecule has 1 heterocycles. The van der Waals surface area contributed by atoms with E-state index in [9.17, 15) is 9.59 Å². The van der Waals surface area contributed by atoms with E-state index in [1.54, 1.807) is 33.0 Å². The van der Waals surface area contributed by atoms with Gasteiger partial charge in [0.2, 0.25) is 0 Å². The SMILES string of the molecule is COC(=O)c1cncc(/C=C/CCNC(=O)OC(C)(C)C)c1N. The Hall–Kier alpha value is -2.57. The second kappa shape index (κ2) is 8.17. The largest absolute Gasteiger partial charge is 0.465 e. The van der Waals surface area contributed by atoms with Gasteiger partial charge in [-0.1, -0.05) is 12.2 Å². The fraction of sp³-hybridized carbons (Fsp3) is 0.438. The molecule has 0 aliphatic rings. The number of aromatic nitrogens is 1. The first kappa shape index (κ1) is 18.5. The van der Waals surface area contributed by atoms with E-state index < -0.39 is 17.7 Å². The zero-order valence-electron chi connectivity index (χ0n) is 13.9. The van der Waals surface area contributed by atoms with Gasteiger partial charge >= 0.3 is 12.1 Å². The molecule has 1 aromatic rings. The zero-order valence-corrected chi connectivity index (χ0v) is 13.9. The van der Waals surface area contributed by atoms with E-state index in [2.05, 4.69) is 15.0 Å².